The summed E-state index contributed by atoms with van der Waals surface area (Å²) in [5.41, 5.74) is 1.47. The van der Waals surface area contributed by atoms with Crippen LogP contribution in [0.4, 0.5) is 10.8 Å². The molecule has 4 nitrogen and oxygen atoms in total. The lowest BCUT2D eigenvalue weighted by Crippen LogP contribution is -2.14. The summed E-state index contributed by atoms with van der Waals surface area (Å²) in [7, 11) is 0. The van der Waals surface area contributed by atoms with E-state index in [0.29, 0.717) is 10.7 Å². The molecule has 17 heavy (non-hydrogen) atoms. The number of para-hydroxylation sites is 1. The van der Waals surface area contributed by atoms with Crippen molar-refractivity contribution in [3.8, 4) is 0 Å². The maximum Gasteiger partial charge on any atom is 0.259 e. The Balaban J connectivity index is 2.18. The van der Waals surface area contributed by atoms with Gasteiger partial charge >= 0.3 is 0 Å². The summed E-state index contributed by atoms with van der Waals surface area (Å²) in [5.74, 6) is -0.142. The van der Waals surface area contributed by atoms with Gasteiger partial charge in [-0.15, -0.1) is 11.3 Å². The average molecular weight is 247 g/mol. The van der Waals surface area contributed by atoms with E-state index in [0.717, 1.165) is 12.2 Å². The molecule has 0 aliphatic carbocycles. The van der Waals surface area contributed by atoms with Crippen molar-refractivity contribution >= 4 is 28.1 Å². The van der Waals surface area contributed by atoms with Crippen molar-refractivity contribution in [3.63, 3.8) is 0 Å². The SMILES string of the molecule is CCNc1ccccc1C(=O)Nc1nccs1. The van der Waals surface area contributed by atoms with Gasteiger partial charge in [0.1, 0.15) is 0 Å². The van der Waals surface area contributed by atoms with E-state index in [1.54, 1.807) is 12.3 Å². The number of nitrogens with one attached hydrogen (secondary N) is 2. The van der Waals surface area contributed by atoms with Crippen LogP contribution in [0.2, 0.25) is 0 Å². The number of rotatable bonds is 4. The first-order valence-corrected chi connectivity index (χ1v) is 6.23. The summed E-state index contributed by atoms with van der Waals surface area (Å²) < 4.78 is 0. The van der Waals surface area contributed by atoms with Crippen LogP contribution in [0.15, 0.2) is 35.8 Å². The number of carbonyl (C=O) groups excluding carboxylic acids is 1. The van der Waals surface area contributed by atoms with Gasteiger partial charge in [0.15, 0.2) is 5.13 Å². The molecule has 0 aliphatic rings. The normalized spacial score (nSPS) is 9.94. The van der Waals surface area contributed by atoms with Crippen LogP contribution in [0.25, 0.3) is 0 Å². The van der Waals surface area contributed by atoms with Crippen LogP contribution in [0, 0.1) is 0 Å². The van der Waals surface area contributed by atoms with E-state index >= 15 is 0 Å². The van der Waals surface area contributed by atoms with Gasteiger partial charge in [-0.1, -0.05) is 12.1 Å². The number of thiazole rings is 1. The zero-order valence-corrected chi connectivity index (χ0v) is 10.3. The molecule has 2 aromatic rings. The molecule has 2 rings (SSSR count). The lowest BCUT2D eigenvalue weighted by molar-refractivity contribution is 0.102. The molecule has 0 radical (unpaired) electrons. The summed E-state index contributed by atoms with van der Waals surface area (Å²) in [5, 5.41) is 8.36. The van der Waals surface area contributed by atoms with E-state index in [2.05, 4.69) is 15.6 Å². The highest BCUT2D eigenvalue weighted by atomic mass is 32.1. The van der Waals surface area contributed by atoms with Crippen molar-refractivity contribution < 1.29 is 4.79 Å². The fourth-order valence-corrected chi connectivity index (χ4v) is 2.00. The van der Waals surface area contributed by atoms with Crippen LogP contribution in [-0.2, 0) is 0 Å². The van der Waals surface area contributed by atoms with Crippen LogP contribution in [-0.4, -0.2) is 17.4 Å². The summed E-state index contributed by atoms with van der Waals surface area (Å²) >= 11 is 1.40. The van der Waals surface area contributed by atoms with Crippen molar-refractivity contribution in [2.45, 2.75) is 6.92 Å². The van der Waals surface area contributed by atoms with Crippen molar-refractivity contribution in [1.29, 1.82) is 0 Å². The Morgan fingerprint density at radius 1 is 1.41 bits per heavy atom. The molecule has 0 atom stereocenters. The molecule has 88 valence electrons. The Morgan fingerprint density at radius 3 is 2.94 bits per heavy atom. The molecule has 2 N–H and O–H groups in total. The summed E-state index contributed by atoms with van der Waals surface area (Å²) in [6, 6.07) is 7.43. The van der Waals surface area contributed by atoms with Gasteiger partial charge in [-0.3, -0.25) is 10.1 Å². The molecule has 0 unspecified atom stereocenters. The number of carbonyl (C=O) groups is 1. The number of aromatic nitrogens is 1. The summed E-state index contributed by atoms with van der Waals surface area (Å²) in [6.45, 7) is 2.77. The molecule has 0 bridgehead atoms. The lowest BCUT2D eigenvalue weighted by Gasteiger charge is -2.09. The first kappa shape index (κ1) is 11.6. The molecule has 0 fully saturated rings. The Kier molecular flexibility index (Phi) is 3.72. The minimum Gasteiger partial charge on any atom is -0.385 e. The molecule has 0 aliphatic heterocycles. The summed E-state index contributed by atoms with van der Waals surface area (Å²) in [4.78, 5) is 16.0. The Labute approximate surface area is 104 Å². The largest absolute Gasteiger partial charge is 0.385 e. The number of hydrogen-bond donors (Lipinski definition) is 2. The molecular weight excluding hydrogens is 234 g/mol. The van der Waals surface area contributed by atoms with Crippen molar-refractivity contribution in [2.75, 3.05) is 17.2 Å². The Hall–Kier alpha value is -1.88. The fraction of sp³-hybridized carbons (Fsp3) is 0.167. The van der Waals surface area contributed by atoms with Crippen molar-refractivity contribution in [1.82, 2.24) is 4.98 Å². The number of nitrogens with zero attached hydrogens (tertiary/aromatic N) is 1. The smallest absolute Gasteiger partial charge is 0.259 e. The third kappa shape index (κ3) is 2.82. The maximum atomic E-state index is 12.0. The van der Waals surface area contributed by atoms with E-state index in [9.17, 15) is 4.79 Å². The van der Waals surface area contributed by atoms with Crippen LogP contribution < -0.4 is 10.6 Å². The molecule has 1 aromatic heterocycles. The minimum atomic E-state index is -0.142. The van der Waals surface area contributed by atoms with Gasteiger partial charge in [0.2, 0.25) is 0 Å². The molecule has 1 amide bonds. The first-order chi connectivity index (χ1) is 8.31. The third-order valence-electron chi connectivity index (χ3n) is 2.19. The fourth-order valence-electron chi connectivity index (χ4n) is 1.48. The van der Waals surface area contributed by atoms with Gasteiger partial charge in [-0.25, -0.2) is 4.98 Å². The monoisotopic (exact) mass is 247 g/mol. The number of amides is 1. The van der Waals surface area contributed by atoms with E-state index < -0.39 is 0 Å². The van der Waals surface area contributed by atoms with E-state index in [-0.39, 0.29) is 5.91 Å². The summed E-state index contributed by atoms with van der Waals surface area (Å²) in [6.07, 6.45) is 1.66. The quantitative estimate of drug-likeness (QED) is 0.873. The molecule has 1 heterocycles. The number of anilines is 2. The minimum absolute atomic E-state index is 0.142. The zero-order valence-electron chi connectivity index (χ0n) is 9.43. The van der Waals surface area contributed by atoms with Gasteiger partial charge in [-0.2, -0.15) is 0 Å². The molecule has 5 heteroatoms. The van der Waals surface area contributed by atoms with Gasteiger partial charge in [0.25, 0.3) is 5.91 Å². The zero-order chi connectivity index (χ0) is 12.1. The van der Waals surface area contributed by atoms with Crippen LogP contribution >= 0.6 is 11.3 Å². The van der Waals surface area contributed by atoms with Crippen LogP contribution in [0.5, 0.6) is 0 Å². The van der Waals surface area contributed by atoms with E-state index in [1.807, 2.05) is 30.5 Å². The lowest BCUT2D eigenvalue weighted by atomic mass is 10.1. The van der Waals surface area contributed by atoms with Crippen LogP contribution in [0.1, 0.15) is 17.3 Å². The molecule has 0 saturated carbocycles. The molecule has 0 spiro atoms. The second kappa shape index (κ2) is 5.45. The second-order valence-electron chi connectivity index (χ2n) is 3.37. The standard InChI is InChI=1S/C12H13N3OS/c1-2-13-10-6-4-3-5-9(10)11(16)15-12-14-7-8-17-12/h3-8,13H,2H2,1H3,(H,14,15,16). The predicted octanol–water partition coefficient (Wildman–Crippen LogP) is 2.83. The second-order valence-corrected chi connectivity index (χ2v) is 4.26. The molecule has 0 saturated heterocycles. The third-order valence-corrected chi connectivity index (χ3v) is 2.88. The maximum absolute atomic E-state index is 12.0. The van der Waals surface area contributed by atoms with Crippen molar-refractivity contribution in [3.05, 3.63) is 41.4 Å². The van der Waals surface area contributed by atoms with E-state index in [1.165, 1.54) is 11.3 Å². The average Bonchev–Trinajstić information content (AvgIpc) is 2.83. The van der Waals surface area contributed by atoms with Gasteiger partial charge in [-0.05, 0) is 19.1 Å². The van der Waals surface area contributed by atoms with Crippen LogP contribution in [0.3, 0.4) is 0 Å². The molecular formula is C12H13N3OS. The van der Waals surface area contributed by atoms with E-state index in [4.69, 9.17) is 0 Å². The predicted molar refractivity (Wildman–Crippen MR) is 70.7 cm³/mol. The van der Waals surface area contributed by atoms with Gasteiger partial charge in [0.05, 0.1) is 5.56 Å². The molecule has 1 aromatic carbocycles. The highest BCUT2D eigenvalue weighted by molar-refractivity contribution is 7.13. The van der Waals surface area contributed by atoms with Crippen molar-refractivity contribution in [2.24, 2.45) is 0 Å². The number of hydrogen-bond acceptors (Lipinski definition) is 4. The Morgan fingerprint density at radius 2 is 2.24 bits per heavy atom. The van der Waals surface area contributed by atoms with Gasteiger partial charge in [0, 0.05) is 23.8 Å². The first-order valence-electron chi connectivity index (χ1n) is 5.35. The van der Waals surface area contributed by atoms with Gasteiger partial charge < -0.3 is 5.32 Å². The highest BCUT2D eigenvalue weighted by Crippen LogP contribution is 2.18. The number of benzene rings is 1. The topological polar surface area (TPSA) is 54.0 Å². The highest BCUT2D eigenvalue weighted by Gasteiger charge is 2.11. The Bertz CT molecular complexity index is 496.